The number of pyridine rings is 1. The van der Waals surface area contributed by atoms with E-state index in [0.29, 0.717) is 11.5 Å². The number of aromatic nitrogens is 4. The summed E-state index contributed by atoms with van der Waals surface area (Å²) >= 11 is 0. The Balaban J connectivity index is 0.00000413. The molecule has 0 aliphatic heterocycles. The molecule has 0 fully saturated rings. The molecular formula is C48H36N4OPt. The topological polar surface area (TPSA) is 44.9 Å². The second-order valence-corrected chi connectivity index (χ2v) is 14.2. The van der Waals surface area contributed by atoms with Gasteiger partial charge in [0.15, 0.2) is 0 Å². The van der Waals surface area contributed by atoms with E-state index in [1.165, 1.54) is 5.56 Å². The summed E-state index contributed by atoms with van der Waals surface area (Å²) in [6.07, 6.45) is 5.89. The average Bonchev–Trinajstić information content (AvgIpc) is 3.82. The second-order valence-electron chi connectivity index (χ2n) is 14.2. The fourth-order valence-electron chi connectivity index (χ4n) is 7.09. The van der Waals surface area contributed by atoms with Gasteiger partial charge in [0.25, 0.3) is 0 Å². The summed E-state index contributed by atoms with van der Waals surface area (Å²) in [7, 11) is 0. The van der Waals surface area contributed by atoms with Crippen molar-refractivity contribution in [1.82, 2.24) is 19.3 Å². The van der Waals surface area contributed by atoms with Crippen LogP contribution in [0, 0.1) is 12.1 Å². The van der Waals surface area contributed by atoms with Gasteiger partial charge in [0.05, 0.1) is 6.20 Å². The molecule has 0 spiro atoms. The van der Waals surface area contributed by atoms with Crippen LogP contribution in [0.4, 0.5) is 0 Å². The van der Waals surface area contributed by atoms with Gasteiger partial charge >= 0.3 is 21.1 Å². The number of ether oxygens (including phenoxy) is 1. The summed E-state index contributed by atoms with van der Waals surface area (Å²) in [5.74, 6) is 2.01. The van der Waals surface area contributed by atoms with E-state index >= 15 is 0 Å². The van der Waals surface area contributed by atoms with E-state index in [2.05, 4.69) is 153 Å². The van der Waals surface area contributed by atoms with Gasteiger partial charge in [-0.25, -0.2) is 4.98 Å². The van der Waals surface area contributed by atoms with Crippen molar-refractivity contribution in [2.75, 3.05) is 0 Å². The Labute approximate surface area is 329 Å². The van der Waals surface area contributed by atoms with Crippen LogP contribution in [0.1, 0.15) is 26.3 Å². The molecule has 6 heteroatoms. The zero-order valence-electron chi connectivity index (χ0n) is 30.1. The molecular weight excluding hydrogens is 844 g/mol. The molecule has 0 N–H and O–H groups in total. The monoisotopic (exact) mass is 879 g/mol. The Bertz CT molecular complexity index is 2690. The van der Waals surface area contributed by atoms with Gasteiger partial charge in [-0.15, -0.1) is 35.7 Å². The first kappa shape index (κ1) is 35.0. The van der Waals surface area contributed by atoms with Crippen molar-refractivity contribution >= 4 is 21.8 Å². The number of hydrogen-bond donors (Lipinski definition) is 0. The maximum Gasteiger partial charge on any atom is 2.00 e. The molecule has 9 aromatic rings. The van der Waals surface area contributed by atoms with Gasteiger partial charge in [0.1, 0.15) is 5.82 Å². The summed E-state index contributed by atoms with van der Waals surface area (Å²) in [6.45, 7) is 6.66. The van der Waals surface area contributed by atoms with Crippen LogP contribution in [0.15, 0.2) is 164 Å². The zero-order chi connectivity index (χ0) is 35.9. The van der Waals surface area contributed by atoms with Gasteiger partial charge in [0.2, 0.25) is 0 Å². The molecule has 0 unspecified atom stereocenters. The zero-order valence-corrected chi connectivity index (χ0v) is 32.4. The summed E-state index contributed by atoms with van der Waals surface area (Å²) < 4.78 is 10.5. The quantitative estimate of drug-likeness (QED) is 0.150. The Morgan fingerprint density at radius 2 is 1.28 bits per heavy atom. The van der Waals surface area contributed by atoms with Gasteiger partial charge in [-0.05, 0) is 62.5 Å². The van der Waals surface area contributed by atoms with Crippen molar-refractivity contribution in [3.8, 4) is 56.4 Å². The minimum atomic E-state index is -0.0138. The summed E-state index contributed by atoms with van der Waals surface area (Å²) in [5, 5.41) is 7.05. The van der Waals surface area contributed by atoms with E-state index in [9.17, 15) is 0 Å². The molecule has 6 aromatic carbocycles. The molecule has 0 aliphatic carbocycles. The molecule has 54 heavy (non-hydrogen) atoms. The normalized spacial score (nSPS) is 11.5. The Morgan fingerprint density at radius 3 is 2.00 bits per heavy atom. The maximum atomic E-state index is 6.47. The van der Waals surface area contributed by atoms with Crippen molar-refractivity contribution in [1.29, 1.82) is 0 Å². The molecule has 0 amide bonds. The van der Waals surface area contributed by atoms with Crippen molar-refractivity contribution in [2.24, 2.45) is 0 Å². The molecule has 3 aromatic heterocycles. The third-order valence-corrected chi connectivity index (χ3v) is 9.72. The van der Waals surface area contributed by atoms with Crippen LogP contribution in [0.2, 0.25) is 0 Å². The van der Waals surface area contributed by atoms with E-state index in [-0.39, 0.29) is 26.5 Å². The minimum absolute atomic E-state index is 0. The molecule has 0 atom stereocenters. The number of para-hydroxylation sites is 1. The largest absolute Gasteiger partial charge is 2.00 e. The number of benzene rings is 6. The number of nitrogens with zero attached hydrogens (tertiary/aromatic N) is 4. The van der Waals surface area contributed by atoms with E-state index in [0.717, 1.165) is 66.7 Å². The first-order chi connectivity index (χ1) is 25.9. The van der Waals surface area contributed by atoms with E-state index in [1.54, 1.807) is 0 Å². The van der Waals surface area contributed by atoms with Gasteiger partial charge in [0, 0.05) is 40.5 Å². The van der Waals surface area contributed by atoms with Crippen molar-refractivity contribution in [3.05, 3.63) is 182 Å². The molecule has 0 aliphatic rings. The summed E-state index contributed by atoms with van der Waals surface area (Å²) in [4.78, 5) is 4.81. The third-order valence-electron chi connectivity index (χ3n) is 9.72. The van der Waals surface area contributed by atoms with Crippen LogP contribution < -0.4 is 4.74 Å². The SMILES string of the molecule is CC(C)(C)c1ccnc(-n2c3[c-]c(Oc4[c-]c(-n5cc(-c6c(-c7ccccc7)cccc6-c6ccccc6)cn5)ccc4)ccc3c3ccccc32)c1.[Pt+2]. The minimum Gasteiger partial charge on any atom is -0.509 e. The number of hydrogen-bond acceptors (Lipinski definition) is 3. The molecule has 0 radical (unpaired) electrons. The maximum absolute atomic E-state index is 6.47. The first-order valence-electron chi connectivity index (χ1n) is 17.8. The van der Waals surface area contributed by atoms with Crippen molar-refractivity contribution in [3.63, 3.8) is 0 Å². The third kappa shape index (κ3) is 6.57. The fourth-order valence-corrected chi connectivity index (χ4v) is 7.09. The molecule has 5 nitrogen and oxygen atoms in total. The second kappa shape index (κ2) is 14.4. The predicted octanol–water partition coefficient (Wildman–Crippen LogP) is 12.1. The Kier molecular flexibility index (Phi) is 9.35. The molecule has 264 valence electrons. The fraction of sp³-hybridized carbons (Fsp3) is 0.0833. The van der Waals surface area contributed by atoms with E-state index in [4.69, 9.17) is 14.8 Å². The molecule has 3 heterocycles. The Morgan fingerprint density at radius 1 is 0.611 bits per heavy atom. The van der Waals surface area contributed by atoms with Crippen molar-refractivity contribution < 1.29 is 25.8 Å². The van der Waals surface area contributed by atoms with Crippen LogP contribution in [-0.2, 0) is 26.5 Å². The van der Waals surface area contributed by atoms with Crippen LogP contribution in [0.25, 0.3) is 66.7 Å². The summed E-state index contributed by atoms with van der Waals surface area (Å²) in [6, 6.07) is 57.1. The van der Waals surface area contributed by atoms with Crippen LogP contribution in [0.5, 0.6) is 11.5 Å². The van der Waals surface area contributed by atoms with Gasteiger partial charge in [-0.3, -0.25) is 4.68 Å². The smallest absolute Gasteiger partial charge is 0.509 e. The van der Waals surface area contributed by atoms with Crippen LogP contribution in [0.3, 0.4) is 0 Å². The van der Waals surface area contributed by atoms with Crippen molar-refractivity contribution in [2.45, 2.75) is 26.2 Å². The van der Waals surface area contributed by atoms with Crippen LogP contribution in [-0.4, -0.2) is 19.3 Å². The van der Waals surface area contributed by atoms with E-state index < -0.39 is 0 Å². The molecule has 9 rings (SSSR count). The standard InChI is InChI=1S/C48H36N4O.Pt/c1-48(2,3)36-26-27-49-46(28-36)52-44-23-11-10-20-42(44)43-25-24-39(30-45(43)52)53-38-19-12-18-37(29-38)51-32-35(31-50-51)47-40(33-14-6-4-7-15-33)21-13-22-41(47)34-16-8-5-9-17-34;/h4-28,31-32H,1-3H3;/q-2;+2. The van der Waals surface area contributed by atoms with Gasteiger partial charge in [-0.2, -0.15) is 17.2 Å². The predicted molar refractivity (Wildman–Crippen MR) is 215 cm³/mol. The summed E-state index contributed by atoms with van der Waals surface area (Å²) in [5.41, 5.74) is 10.7. The van der Waals surface area contributed by atoms with Gasteiger partial charge < -0.3 is 9.30 Å². The number of fused-ring (bicyclic) bond motifs is 3. The number of rotatable bonds is 7. The molecule has 0 saturated carbocycles. The first-order valence-corrected chi connectivity index (χ1v) is 17.8. The Hall–Kier alpha value is -6.03. The molecule has 0 saturated heterocycles. The van der Waals surface area contributed by atoms with E-state index in [1.807, 2.05) is 53.5 Å². The molecule has 0 bridgehead atoms. The van der Waals surface area contributed by atoms with Crippen LogP contribution >= 0.6 is 0 Å². The average molecular weight is 880 g/mol. The van der Waals surface area contributed by atoms with Gasteiger partial charge in [-0.1, -0.05) is 123 Å².